The Hall–Kier alpha value is -3.72. The number of nitrogens with zero attached hydrogens (tertiary/aromatic N) is 5. The molecule has 1 atom stereocenters. The maximum Gasteiger partial charge on any atom is 0.212 e. The van der Waals surface area contributed by atoms with Crippen LogP contribution in [0.5, 0.6) is 5.75 Å². The van der Waals surface area contributed by atoms with Gasteiger partial charge in [-0.1, -0.05) is 11.6 Å². The highest BCUT2D eigenvalue weighted by Gasteiger charge is 2.21. The molecule has 0 bridgehead atoms. The number of benzene rings is 1. The average molecular weight is 483 g/mol. The van der Waals surface area contributed by atoms with Crippen molar-refractivity contribution in [1.82, 2.24) is 24.5 Å². The lowest BCUT2D eigenvalue weighted by molar-refractivity contribution is -0.105. The van der Waals surface area contributed by atoms with Crippen molar-refractivity contribution in [2.24, 2.45) is 7.05 Å². The number of aromatic nitrogens is 5. The average Bonchev–Trinajstić information content (AvgIpc) is 3.36. The third-order valence-electron chi connectivity index (χ3n) is 5.37. The summed E-state index contributed by atoms with van der Waals surface area (Å²) >= 11 is 6.35. The Morgan fingerprint density at radius 3 is 2.79 bits per heavy atom. The molecule has 0 unspecified atom stereocenters. The van der Waals surface area contributed by atoms with Gasteiger partial charge in [-0.25, -0.2) is 9.37 Å². The van der Waals surface area contributed by atoms with Gasteiger partial charge in [-0.15, -0.1) is 0 Å². The summed E-state index contributed by atoms with van der Waals surface area (Å²) in [5.41, 5.74) is 3.84. The first kappa shape index (κ1) is 23.4. The number of halogens is 2. The van der Waals surface area contributed by atoms with E-state index in [9.17, 15) is 9.18 Å². The smallest absolute Gasteiger partial charge is 0.212 e. The second-order valence-corrected chi connectivity index (χ2v) is 8.12. The number of nitrogens with one attached hydrogen (secondary N) is 1. The number of aryl methyl sites for hydroxylation is 2. The van der Waals surface area contributed by atoms with Crippen molar-refractivity contribution in [1.29, 1.82) is 0 Å². The van der Waals surface area contributed by atoms with Crippen LogP contribution < -0.4 is 10.1 Å². The van der Waals surface area contributed by atoms with E-state index in [1.165, 1.54) is 12.1 Å². The van der Waals surface area contributed by atoms with Crippen LogP contribution in [-0.4, -0.2) is 31.0 Å². The number of hydrogen-bond acceptors (Lipinski definition) is 5. The zero-order valence-electron chi connectivity index (χ0n) is 19.0. The van der Waals surface area contributed by atoms with E-state index in [4.69, 9.17) is 16.3 Å². The maximum atomic E-state index is 14.3. The van der Waals surface area contributed by atoms with Crippen LogP contribution in [-0.2, 0) is 24.8 Å². The van der Waals surface area contributed by atoms with Crippen LogP contribution in [0, 0.1) is 5.82 Å². The molecule has 3 heterocycles. The SMILES string of the molecule is CCn1cc(Cc2cn(C)nc2-c2ccc(F)cc2[C@@H](C)Oc2cccnc2NC=O)c(Cl)n1. The van der Waals surface area contributed by atoms with Crippen LogP contribution in [0.4, 0.5) is 10.2 Å². The molecule has 0 saturated carbocycles. The molecular formula is C24H24ClFN6O2. The molecule has 34 heavy (non-hydrogen) atoms. The predicted molar refractivity (Wildman–Crippen MR) is 127 cm³/mol. The fourth-order valence-electron chi connectivity index (χ4n) is 3.81. The number of hydrogen-bond donors (Lipinski definition) is 1. The van der Waals surface area contributed by atoms with E-state index >= 15 is 0 Å². The molecular weight excluding hydrogens is 459 g/mol. The van der Waals surface area contributed by atoms with Crippen molar-refractivity contribution in [3.05, 3.63) is 76.6 Å². The number of pyridine rings is 1. The lowest BCUT2D eigenvalue weighted by Crippen LogP contribution is -2.09. The normalized spacial score (nSPS) is 11.9. The van der Waals surface area contributed by atoms with Crippen LogP contribution in [0.1, 0.15) is 36.6 Å². The van der Waals surface area contributed by atoms with Gasteiger partial charge in [0.2, 0.25) is 6.41 Å². The maximum absolute atomic E-state index is 14.3. The summed E-state index contributed by atoms with van der Waals surface area (Å²) in [6.45, 7) is 4.51. The van der Waals surface area contributed by atoms with E-state index in [-0.39, 0.29) is 5.82 Å². The number of carbonyl (C=O) groups is 1. The van der Waals surface area contributed by atoms with E-state index < -0.39 is 11.9 Å². The molecule has 0 radical (unpaired) electrons. The van der Waals surface area contributed by atoms with Gasteiger partial charge in [0.25, 0.3) is 0 Å². The molecule has 1 amide bonds. The Morgan fingerprint density at radius 1 is 1.24 bits per heavy atom. The molecule has 1 N–H and O–H groups in total. The van der Waals surface area contributed by atoms with Crippen LogP contribution >= 0.6 is 11.6 Å². The summed E-state index contributed by atoms with van der Waals surface area (Å²) in [5.74, 6) is 0.261. The fourth-order valence-corrected chi connectivity index (χ4v) is 4.02. The Labute approximate surface area is 201 Å². The summed E-state index contributed by atoms with van der Waals surface area (Å²) in [5, 5.41) is 11.9. The van der Waals surface area contributed by atoms with Gasteiger partial charge in [-0.3, -0.25) is 14.2 Å². The van der Waals surface area contributed by atoms with Gasteiger partial charge in [0, 0.05) is 60.9 Å². The summed E-state index contributed by atoms with van der Waals surface area (Å²) in [6, 6.07) is 7.91. The number of carbonyl (C=O) groups excluding carboxylic acids is 1. The van der Waals surface area contributed by atoms with E-state index in [0.29, 0.717) is 41.5 Å². The highest BCUT2D eigenvalue weighted by atomic mass is 35.5. The lowest BCUT2D eigenvalue weighted by atomic mass is 9.96. The molecule has 0 aliphatic heterocycles. The summed E-state index contributed by atoms with van der Waals surface area (Å²) in [6.07, 6.45) is 5.86. The van der Waals surface area contributed by atoms with E-state index in [1.807, 2.05) is 26.4 Å². The fraction of sp³-hybridized carbons (Fsp3) is 0.250. The van der Waals surface area contributed by atoms with E-state index in [2.05, 4.69) is 20.5 Å². The lowest BCUT2D eigenvalue weighted by Gasteiger charge is -2.19. The molecule has 4 aromatic rings. The Morgan fingerprint density at radius 2 is 2.06 bits per heavy atom. The van der Waals surface area contributed by atoms with Crippen molar-refractivity contribution in [3.8, 4) is 17.0 Å². The number of rotatable bonds is 9. The second-order valence-electron chi connectivity index (χ2n) is 7.76. The molecule has 176 valence electrons. The van der Waals surface area contributed by atoms with Gasteiger partial charge >= 0.3 is 0 Å². The standard InChI is InChI=1S/C24H24ClFN6O2/c1-4-32-13-17(23(25)30-32)10-16-12-31(3)29-22(16)19-8-7-18(26)11-20(19)15(2)34-21-6-5-9-27-24(21)28-14-33/h5-9,11-15H,4,10H2,1-3H3,(H,27,28,33)/t15-/m1/s1. The summed E-state index contributed by atoms with van der Waals surface area (Å²) in [4.78, 5) is 15.0. The van der Waals surface area contributed by atoms with Gasteiger partial charge in [0.05, 0.1) is 5.69 Å². The minimum absolute atomic E-state index is 0.281. The van der Waals surface area contributed by atoms with Gasteiger partial charge in [-0.05, 0) is 44.2 Å². The first-order valence-corrected chi connectivity index (χ1v) is 11.1. The minimum atomic E-state index is -0.566. The zero-order chi connectivity index (χ0) is 24.2. The van der Waals surface area contributed by atoms with Gasteiger partial charge in [0.1, 0.15) is 11.9 Å². The van der Waals surface area contributed by atoms with Crippen molar-refractivity contribution >= 4 is 23.8 Å². The largest absolute Gasteiger partial charge is 0.482 e. The van der Waals surface area contributed by atoms with Crippen LogP contribution in [0.2, 0.25) is 5.15 Å². The zero-order valence-corrected chi connectivity index (χ0v) is 19.8. The molecule has 10 heteroatoms. The van der Waals surface area contributed by atoms with Gasteiger partial charge in [0.15, 0.2) is 16.7 Å². The van der Waals surface area contributed by atoms with Gasteiger partial charge < -0.3 is 10.1 Å². The third kappa shape index (κ3) is 4.94. The first-order valence-electron chi connectivity index (χ1n) is 10.8. The number of anilines is 1. The quantitative estimate of drug-likeness (QED) is 0.346. The Balaban J connectivity index is 1.72. The highest BCUT2D eigenvalue weighted by molar-refractivity contribution is 6.30. The molecule has 4 rings (SSSR count). The highest BCUT2D eigenvalue weighted by Crippen LogP contribution is 2.35. The van der Waals surface area contributed by atoms with E-state index in [1.54, 1.807) is 40.7 Å². The van der Waals surface area contributed by atoms with Crippen LogP contribution in [0.25, 0.3) is 11.3 Å². The molecule has 0 aliphatic carbocycles. The molecule has 0 saturated heterocycles. The minimum Gasteiger partial charge on any atom is -0.482 e. The third-order valence-corrected chi connectivity index (χ3v) is 5.69. The van der Waals surface area contributed by atoms with Crippen molar-refractivity contribution < 1.29 is 13.9 Å². The molecule has 3 aromatic heterocycles. The summed E-state index contributed by atoms with van der Waals surface area (Å²) < 4.78 is 23.9. The molecule has 0 fully saturated rings. The van der Waals surface area contributed by atoms with Crippen LogP contribution in [0.3, 0.4) is 0 Å². The second kappa shape index (κ2) is 10.0. The molecule has 8 nitrogen and oxygen atoms in total. The van der Waals surface area contributed by atoms with E-state index in [0.717, 1.165) is 16.7 Å². The van der Waals surface area contributed by atoms with Crippen LogP contribution in [0.15, 0.2) is 48.9 Å². The molecule has 0 spiro atoms. The Bertz CT molecular complexity index is 1320. The molecule has 1 aromatic carbocycles. The monoisotopic (exact) mass is 482 g/mol. The first-order chi connectivity index (χ1) is 16.4. The number of amides is 1. The molecule has 0 aliphatic rings. The predicted octanol–water partition coefficient (Wildman–Crippen LogP) is 4.79. The number of ether oxygens (including phenoxy) is 1. The van der Waals surface area contributed by atoms with Crippen molar-refractivity contribution in [3.63, 3.8) is 0 Å². The van der Waals surface area contributed by atoms with Crippen molar-refractivity contribution in [2.45, 2.75) is 32.9 Å². The topological polar surface area (TPSA) is 86.9 Å². The van der Waals surface area contributed by atoms with Gasteiger partial charge in [-0.2, -0.15) is 10.2 Å². The Kier molecular flexibility index (Phi) is 6.93. The summed E-state index contributed by atoms with van der Waals surface area (Å²) in [7, 11) is 1.83. The van der Waals surface area contributed by atoms with Crippen molar-refractivity contribution in [2.75, 3.05) is 5.32 Å².